The first-order valence-electron chi connectivity index (χ1n) is 9.89. The Morgan fingerprint density at radius 2 is 2.04 bits per heavy atom. The number of carbonyl (C=O) groups excluding carboxylic acids is 1. The number of benzene rings is 2. The minimum absolute atomic E-state index is 0.0611. The molecule has 0 fully saturated rings. The maximum absolute atomic E-state index is 12.3. The highest BCUT2D eigenvalue weighted by Crippen LogP contribution is 2.26. The highest BCUT2D eigenvalue weighted by molar-refractivity contribution is 5.80. The molecule has 27 heavy (non-hydrogen) atoms. The van der Waals surface area contributed by atoms with Crippen LogP contribution in [0.25, 0.3) is 0 Å². The zero-order chi connectivity index (χ0) is 19.2. The van der Waals surface area contributed by atoms with Crippen LogP contribution in [-0.2, 0) is 11.2 Å². The van der Waals surface area contributed by atoms with Crippen molar-refractivity contribution in [3.8, 4) is 5.75 Å². The van der Waals surface area contributed by atoms with E-state index < -0.39 is 6.10 Å². The highest BCUT2D eigenvalue weighted by Gasteiger charge is 2.17. The Hall–Kier alpha value is -2.49. The number of nitrogens with one attached hydrogen (secondary N) is 1. The van der Waals surface area contributed by atoms with E-state index in [4.69, 9.17) is 4.74 Å². The third-order valence-electron chi connectivity index (χ3n) is 5.11. The first kappa shape index (κ1) is 19.3. The molecule has 2 aromatic carbocycles. The molecular weight excluding hydrogens is 336 g/mol. The summed E-state index contributed by atoms with van der Waals surface area (Å²) < 4.78 is 5.83. The van der Waals surface area contributed by atoms with Crippen molar-refractivity contribution in [3.63, 3.8) is 0 Å². The number of fused-ring (bicyclic) bond motifs is 1. The number of ether oxygens (including phenoxy) is 1. The molecule has 0 saturated carbocycles. The maximum atomic E-state index is 12.3. The van der Waals surface area contributed by atoms with Gasteiger partial charge in [-0.15, -0.1) is 0 Å². The van der Waals surface area contributed by atoms with Crippen molar-refractivity contribution in [3.05, 3.63) is 59.2 Å². The number of rotatable bonds is 7. The van der Waals surface area contributed by atoms with E-state index in [-0.39, 0.29) is 5.91 Å². The molecule has 1 amide bonds. The summed E-state index contributed by atoms with van der Waals surface area (Å²) in [5.74, 6) is 0.710. The topological polar surface area (TPSA) is 41.6 Å². The lowest BCUT2D eigenvalue weighted by Crippen LogP contribution is -2.38. The second-order valence-electron chi connectivity index (χ2n) is 7.39. The Kier molecular flexibility index (Phi) is 6.38. The molecule has 0 spiro atoms. The Morgan fingerprint density at radius 3 is 2.85 bits per heavy atom. The maximum Gasteiger partial charge on any atom is 0.260 e. The third kappa shape index (κ3) is 5.03. The summed E-state index contributed by atoms with van der Waals surface area (Å²) >= 11 is 0. The fourth-order valence-electron chi connectivity index (χ4n) is 3.64. The Labute approximate surface area is 162 Å². The van der Waals surface area contributed by atoms with Gasteiger partial charge < -0.3 is 15.0 Å². The van der Waals surface area contributed by atoms with E-state index >= 15 is 0 Å². The van der Waals surface area contributed by atoms with Crippen LogP contribution >= 0.6 is 0 Å². The van der Waals surface area contributed by atoms with Crippen LogP contribution in [0.5, 0.6) is 5.75 Å². The van der Waals surface area contributed by atoms with Crippen LogP contribution in [0, 0.1) is 13.8 Å². The summed E-state index contributed by atoms with van der Waals surface area (Å²) in [6.07, 6.45) is 2.79. The minimum atomic E-state index is -0.498. The molecule has 0 aliphatic carbocycles. The van der Waals surface area contributed by atoms with E-state index in [2.05, 4.69) is 40.5 Å². The summed E-state index contributed by atoms with van der Waals surface area (Å²) in [6.45, 7) is 8.57. The van der Waals surface area contributed by atoms with Crippen LogP contribution in [0.15, 0.2) is 42.5 Å². The van der Waals surface area contributed by atoms with E-state index in [9.17, 15) is 4.79 Å². The Bertz CT molecular complexity index is 788. The molecule has 4 heteroatoms. The summed E-state index contributed by atoms with van der Waals surface area (Å²) in [6, 6.07) is 14.6. The van der Waals surface area contributed by atoms with Gasteiger partial charge in [-0.3, -0.25) is 4.79 Å². The normalized spacial score (nSPS) is 14.4. The lowest BCUT2D eigenvalue weighted by molar-refractivity contribution is -0.127. The van der Waals surface area contributed by atoms with Gasteiger partial charge in [-0.2, -0.15) is 0 Å². The molecule has 4 nitrogen and oxygen atoms in total. The average Bonchev–Trinajstić information content (AvgIpc) is 2.67. The van der Waals surface area contributed by atoms with Crippen molar-refractivity contribution in [1.82, 2.24) is 5.32 Å². The predicted octanol–water partition coefficient (Wildman–Crippen LogP) is 4.03. The van der Waals surface area contributed by atoms with Gasteiger partial charge in [0.25, 0.3) is 5.91 Å². The molecule has 0 bridgehead atoms. The van der Waals surface area contributed by atoms with Gasteiger partial charge in [0.15, 0.2) is 6.10 Å². The van der Waals surface area contributed by atoms with Gasteiger partial charge in [-0.25, -0.2) is 0 Å². The van der Waals surface area contributed by atoms with Crippen molar-refractivity contribution in [2.75, 3.05) is 24.5 Å². The van der Waals surface area contributed by atoms with Crippen molar-refractivity contribution in [2.24, 2.45) is 0 Å². The standard InChI is InChI=1S/C23H30N2O2/c1-17-11-12-22(18(2)16-17)27-19(3)23(26)24-13-7-15-25-14-6-9-20-8-4-5-10-21(20)25/h4-5,8,10-12,16,19H,6-7,9,13-15H2,1-3H3,(H,24,26)/t19-/m1/s1. The van der Waals surface area contributed by atoms with Gasteiger partial charge in [0.05, 0.1) is 0 Å². The number of carbonyl (C=O) groups is 1. The highest BCUT2D eigenvalue weighted by atomic mass is 16.5. The van der Waals surface area contributed by atoms with Gasteiger partial charge in [0.1, 0.15) is 5.75 Å². The van der Waals surface area contributed by atoms with Gasteiger partial charge in [-0.1, -0.05) is 35.9 Å². The predicted molar refractivity (Wildman–Crippen MR) is 111 cm³/mol. The number of nitrogens with zero attached hydrogens (tertiary/aromatic N) is 1. The van der Waals surface area contributed by atoms with Crippen molar-refractivity contribution in [1.29, 1.82) is 0 Å². The summed E-state index contributed by atoms with van der Waals surface area (Å²) in [5.41, 5.74) is 5.03. The molecule has 2 aromatic rings. The monoisotopic (exact) mass is 366 g/mol. The van der Waals surface area contributed by atoms with Crippen LogP contribution in [-0.4, -0.2) is 31.6 Å². The minimum Gasteiger partial charge on any atom is -0.481 e. The molecule has 1 aliphatic heterocycles. The lowest BCUT2D eigenvalue weighted by atomic mass is 10.0. The van der Waals surface area contributed by atoms with Crippen LogP contribution < -0.4 is 15.0 Å². The summed E-state index contributed by atoms with van der Waals surface area (Å²) in [7, 11) is 0. The zero-order valence-corrected chi connectivity index (χ0v) is 16.6. The van der Waals surface area contributed by atoms with Gasteiger partial charge >= 0.3 is 0 Å². The largest absolute Gasteiger partial charge is 0.481 e. The fraction of sp³-hybridized carbons (Fsp3) is 0.435. The molecular formula is C23H30N2O2. The number of amides is 1. The van der Waals surface area contributed by atoms with Crippen LogP contribution in [0.2, 0.25) is 0 Å². The van der Waals surface area contributed by atoms with Gasteiger partial charge in [0, 0.05) is 25.3 Å². The molecule has 1 atom stereocenters. The molecule has 1 N–H and O–H groups in total. The molecule has 144 valence electrons. The quantitative estimate of drug-likeness (QED) is 0.752. The zero-order valence-electron chi connectivity index (χ0n) is 16.6. The number of para-hydroxylation sites is 1. The van der Waals surface area contributed by atoms with Crippen LogP contribution in [0.4, 0.5) is 5.69 Å². The van der Waals surface area contributed by atoms with Gasteiger partial charge in [-0.05, 0) is 63.3 Å². The molecule has 0 unspecified atom stereocenters. The Balaban J connectivity index is 1.43. The smallest absolute Gasteiger partial charge is 0.260 e. The van der Waals surface area contributed by atoms with Crippen LogP contribution in [0.1, 0.15) is 36.5 Å². The summed E-state index contributed by atoms with van der Waals surface area (Å²) in [5, 5.41) is 3.01. The molecule has 0 aromatic heterocycles. The van der Waals surface area contributed by atoms with Crippen LogP contribution in [0.3, 0.4) is 0 Å². The third-order valence-corrected chi connectivity index (χ3v) is 5.11. The number of anilines is 1. The number of hydrogen-bond acceptors (Lipinski definition) is 3. The van der Waals surface area contributed by atoms with E-state index in [1.165, 1.54) is 23.2 Å². The molecule has 3 rings (SSSR count). The second kappa shape index (κ2) is 8.94. The Morgan fingerprint density at radius 1 is 1.22 bits per heavy atom. The molecule has 0 radical (unpaired) electrons. The molecule has 0 saturated heterocycles. The van der Waals surface area contributed by atoms with E-state index in [1.54, 1.807) is 6.92 Å². The number of aryl methyl sites for hydroxylation is 3. The SMILES string of the molecule is Cc1ccc(O[C@H](C)C(=O)NCCCN2CCCc3ccccc32)c(C)c1. The van der Waals surface area contributed by atoms with Crippen molar-refractivity contribution >= 4 is 11.6 Å². The van der Waals surface area contributed by atoms with E-state index in [0.717, 1.165) is 37.2 Å². The average molecular weight is 367 g/mol. The lowest BCUT2D eigenvalue weighted by Gasteiger charge is -2.31. The van der Waals surface area contributed by atoms with Crippen molar-refractivity contribution < 1.29 is 9.53 Å². The molecule has 1 heterocycles. The number of hydrogen-bond donors (Lipinski definition) is 1. The second-order valence-corrected chi connectivity index (χ2v) is 7.39. The first-order chi connectivity index (χ1) is 13.0. The van der Waals surface area contributed by atoms with E-state index in [0.29, 0.717) is 6.54 Å². The van der Waals surface area contributed by atoms with Gasteiger partial charge in [0.2, 0.25) is 0 Å². The fourth-order valence-corrected chi connectivity index (χ4v) is 3.64. The molecule has 1 aliphatic rings. The first-order valence-corrected chi connectivity index (χ1v) is 9.89. The van der Waals surface area contributed by atoms with E-state index in [1.807, 2.05) is 26.0 Å². The summed E-state index contributed by atoms with van der Waals surface area (Å²) in [4.78, 5) is 14.8. The van der Waals surface area contributed by atoms with Crippen molar-refractivity contribution in [2.45, 2.75) is 46.1 Å².